The Morgan fingerprint density at radius 3 is 2.95 bits per heavy atom. The van der Waals surface area contributed by atoms with Crippen LogP contribution in [0.15, 0.2) is 22.8 Å². The normalized spacial score (nSPS) is 32.3. The first kappa shape index (κ1) is 14.3. The van der Waals surface area contributed by atoms with Crippen molar-refractivity contribution in [3.05, 3.63) is 24.2 Å². The van der Waals surface area contributed by atoms with Gasteiger partial charge in [-0.1, -0.05) is 0 Å². The maximum atomic E-state index is 12.4. The van der Waals surface area contributed by atoms with Gasteiger partial charge in [0, 0.05) is 25.7 Å². The van der Waals surface area contributed by atoms with Crippen molar-refractivity contribution in [2.75, 3.05) is 26.7 Å². The van der Waals surface area contributed by atoms with Gasteiger partial charge in [-0.3, -0.25) is 14.6 Å². The molecule has 5 nitrogen and oxygen atoms in total. The summed E-state index contributed by atoms with van der Waals surface area (Å²) in [6.45, 7) is 3.87. The van der Waals surface area contributed by atoms with Crippen LogP contribution in [-0.4, -0.2) is 54.5 Å². The summed E-state index contributed by atoms with van der Waals surface area (Å²) in [7, 11) is 2.11. The third kappa shape index (κ3) is 2.79. The number of likely N-dealkylation sites (tertiary alicyclic amines) is 2. The Balaban J connectivity index is 1.31. The molecule has 2 saturated heterocycles. The molecule has 0 aromatic carbocycles. The minimum absolute atomic E-state index is 0.0690. The summed E-state index contributed by atoms with van der Waals surface area (Å²) in [5.41, 5.74) is 0. The molecule has 0 spiro atoms. The highest BCUT2D eigenvalue weighted by Gasteiger charge is 2.47. The summed E-state index contributed by atoms with van der Waals surface area (Å²) in [6.07, 6.45) is 5.30. The number of nitrogens with zero attached hydrogens (tertiary/aromatic N) is 2. The van der Waals surface area contributed by atoms with E-state index >= 15 is 0 Å². The van der Waals surface area contributed by atoms with Crippen LogP contribution in [0.2, 0.25) is 0 Å². The van der Waals surface area contributed by atoms with Crippen LogP contribution >= 0.6 is 0 Å². The molecular weight excluding hydrogens is 278 g/mol. The van der Waals surface area contributed by atoms with Crippen molar-refractivity contribution < 1.29 is 9.21 Å². The topological polar surface area (TPSA) is 48.7 Å². The van der Waals surface area contributed by atoms with Gasteiger partial charge in [-0.15, -0.1) is 0 Å². The summed E-state index contributed by atoms with van der Waals surface area (Å²) >= 11 is 0. The lowest BCUT2D eigenvalue weighted by Gasteiger charge is -2.25. The van der Waals surface area contributed by atoms with Crippen LogP contribution < -0.4 is 5.32 Å². The summed E-state index contributed by atoms with van der Waals surface area (Å²) in [5.74, 6) is 2.62. The number of fused-ring (bicyclic) bond motifs is 1. The summed E-state index contributed by atoms with van der Waals surface area (Å²) in [6, 6.07) is 4.55. The number of hydrogen-bond acceptors (Lipinski definition) is 4. The van der Waals surface area contributed by atoms with Gasteiger partial charge in [0.2, 0.25) is 5.91 Å². The highest BCUT2D eigenvalue weighted by molar-refractivity contribution is 5.82. The van der Waals surface area contributed by atoms with Gasteiger partial charge in [-0.05, 0) is 50.3 Å². The molecule has 4 rings (SSSR count). The molecule has 3 atom stereocenters. The van der Waals surface area contributed by atoms with Crippen LogP contribution in [0.5, 0.6) is 0 Å². The van der Waals surface area contributed by atoms with E-state index < -0.39 is 0 Å². The minimum Gasteiger partial charge on any atom is -0.468 e. The number of carbonyl (C=O) groups is 1. The smallest absolute Gasteiger partial charge is 0.237 e. The molecule has 22 heavy (non-hydrogen) atoms. The predicted octanol–water partition coefficient (Wildman–Crippen LogP) is 1.31. The van der Waals surface area contributed by atoms with Crippen LogP contribution in [0.1, 0.15) is 25.0 Å². The van der Waals surface area contributed by atoms with Gasteiger partial charge in [-0.2, -0.15) is 0 Å². The van der Waals surface area contributed by atoms with E-state index in [0.29, 0.717) is 12.0 Å². The van der Waals surface area contributed by atoms with Gasteiger partial charge in [0.15, 0.2) is 0 Å². The lowest BCUT2D eigenvalue weighted by atomic mass is 10.0. The van der Waals surface area contributed by atoms with E-state index in [2.05, 4.69) is 22.2 Å². The Morgan fingerprint density at radius 2 is 2.27 bits per heavy atom. The summed E-state index contributed by atoms with van der Waals surface area (Å²) < 4.78 is 5.44. The third-order valence-corrected chi connectivity index (χ3v) is 5.55. The van der Waals surface area contributed by atoms with E-state index in [-0.39, 0.29) is 11.9 Å². The molecular formula is C17H25N3O2. The molecule has 0 bridgehead atoms. The molecule has 3 aliphatic rings. The van der Waals surface area contributed by atoms with E-state index in [1.54, 1.807) is 6.26 Å². The molecule has 120 valence electrons. The second-order valence-corrected chi connectivity index (χ2v) is 7.21. The second-order valence-electron chi connectivity index (χ2n) is 7.21. The van der Waals surface area contributed by atoms with Crippen LogP contribution in [0, 0.1) is 11.8 Å². The Morgan fingerprint density at radius 1 is 1.41 bits per heavy atom. The first-order valence-corrected chi connectivity index (χ1v) is 8.45. The zero-order valence-corrected chi connectivity index (χ0v) is 13.2. The van der Waals surface area contributed by atoms with Crippen molar-refractivity contribution in [3.8, 4) is 0 Å². The lowest BCUT2D eigenvalue weighted by Crippen LogP contribution is -2.46. The summed E-state index contributed by atoms with van der Waals surface area (Å²) in [5, 5.41) is 3.14. The molecule has 3 heterocycles. The number of amides is 1. The highest BCUT2D eigenvalue weighted by atomic mass is 16.3. The minimum atomic E-state index is 0.0690. The number of carbonyl (C=O) groups excluding carboxylic acids is 1. The number of hydrogen-bond donors (Lipinski definition) is 1. The van der Waals surface area contributed by atoms with Crippen LogP contribution in [-0.2, 0) is 11.3 Å². The molecule has 2 aliphatic heterocycles. The van der Waals surface area contributed by atoms with Crippen molar-refractivity contribution in [1.82, 2.24) is 15.1 Å². The molecule has 1 N–H and O–H groups in total. The first-order valence-electron chi connectivity index (χ1n) is 8.45. The van der Waals surface area contributed by atoms with E-state index in [9.17, 15) is 4.79 Å². The van der Waals surface area contributed by atoms with E-state index in [4.69, 9.17) is 4.42 Å². The lowest BCUT2D eigenvalue weighted by molar-refractivity contribution is -0.125. The fourth-order valence-corrected chi connectivity index (χ4v) is 4.05. The molecule has 3 fully saturated rings. The Hall–Kier alpha value is -1.33. The van der Waals surface area contributed by atoms with Gasteiger partial charge in [0.1, 0.15) is 5.76 Å². The third-order valence-electron chi connectivity index (χ3n) is 5.55. The molecule has 1 aromatic rings. The predicted molar refractivity (Wildman–Crippen MR) is 83.2 cm³/mol. The molecule has 1 aliphatic carbocycles. The number of rotatable bonds is 5. The van der Waals surface area contributed by atoms with Gasteiger partial charge in [-0.25, -0.2) is 0 Å². The Bertz CT molecular complexity index is 526. The number of likely N-dealkylation sites (N-methyl/N-ethyl adjacent to an activating group) is 1. The number of furan rings is 1. The maximum absolute atomic E-state index is 12.4. The van der Waals surface area contributed by atoms with Crippen LogP contribution in [0.25, 0.3) is 0 Å². The van der Waals surface area contributed by atoms with E-state index in [1.807, 2.05) is 12.1 Å². The highest BCUT2D eigenvalue weighted by Crippen LogP contribution is 2.35. The van der Waals surface area contributed by atoms with Gasteiger partial charge in [0.25, 0.3) is 0 Å². The fraction of sp³-hybridized carbons (Fsp3) is 0.706. The van der Waals surface area contributed by atoms with Crippen molar-refractivity contribution in [2.24, 2.45) is 11.8 Å². The standard InChI is InChI=1S/C17H25N3O2/c1-19-15(17(21)18-8-12-4-5-12)7-13-9-20(11-16(13)19)10-14-3-2-6-22-14/h2-3,6,12-13,15-16H,4-5,7-11H2,1H3,(H,18,21)/t13-,15-,16+/m1/s1. The SMILES string of the molecule is CN1[C@@H](C(=O)NCC2CC2)C[C@@H]2CN(Cc3ccco3)C[C@@H]21. The Kier molecular flexibility index (Phi) is 3.70. The van der Waals surface area contributed by atoms with Gasteiger partial charge < -0.3 is 9.73 Å². The monoisotopic (exact) mass is 303 g/mol. The zero-order chi connectivity index (χ0) is 15.1. The average molecular weight is 303 g/mol. The largest absolute Gasteiger partial charge is 0.468 e. The van der Waals surface area contributed by atoms with Crippen molar-refractivity contribution in [3.63, 3.8) is 0 Å². The van der Waals surface area contributed by atoms with Gasteiger partial charge in [0.05, 0.1) is 18.8 Å². The van der Waals surface area contributed by atoms with Crippen molar-refractivity contribution in [1.29, 1.82) is 0 Å². The van der Waals surface area contributed by atoms with E-state index in [1.165, 1.54) is 12.8 Å². The zero-order valence-electron chi connectivity index (χ0n) is 13.2. The average Bonchev–Trinajstić information content (AvgIpc) is 2.90. The van der Waals surface area contributed by atoms with Crippen LogP contribution in [0.3, 0.4) is 0 Å². The molecule has 1 saturated carbocycles. The van der Waals surface area contributed by atoms with Crippen molar-refractivity contribution >= 4 is 5.91 Å². The molecule has 0 radical (unpaired) electrons. The van der Waals surface area contributed by atoms with Gasteiger partial charge >= 0.3 is 0 Å². The quantitative estimate of drug-likeness (QED) is 0.891. The van der Waals surface area contributed by atoms with Crippen molar-refractivity contribution in [2.45, 2.75) is 37.9 Å². The van der Waals surface area contributed by atoms with Crippen LogP contribution in [0.4, 0.5) is 0 Å². The summed E-state index contributed by atoms with van der Waals surface area (Å²) in [4.78, 5) is 17.1. The molecule has 1 aromatic heterocycles. The van der Waals surface area contributed by atoms with E-state index in [0.717, 1.165) is 44.3 Å². The molecule has 1 amide bonds. The fourth-order valence-electron chi connectivity index (χ4n) is 4.05. The first-order chi connectivity index (χ1) is 10.7. The Labute approximate surface area is 131 Å². The maximum Gasteiger partial charge on any atom is 0.237 e. The molecule has 0 unspecified atom stereocenters. The number of nitrogens with one attached hydrogen (secondary N) is 1. The molecule has 5 heteroatoms. The second kappa shape index (κ2) is 5.70.